The summed E-state index contributed by atoms with van der Waals surface area (Å²) in [5, 5.41) is 3.31. The summed E-state index contributed by atoms with van der Waals surface area (Å²) >= 11 is 0. The minimum Gasteiger partial charge on any atom is -0.205 e. The normalized spacial score (nSPS) is 10.6. The van der Waals surface area contributed by atoms with E-state index in [0.29, 0.717) is 0 Å². The third kappa shape index (κ3) is 3.79. The smallest absolute Gasteiger partial charge is 0.205 e. The highest BCUT2D eigenvalue weighted by atomic mass is 19.3. The Morgan fingerprint density at radius 2 is 2.00 bits per heavy atom. The van der Waals surface area contributed by atoms with Crippen LogP contribution in [0.5, 0.6) is 0 Å². The number of halogens is 2. The van der Waals surface area contributed by atoms with Crippen LogP contribution in [0.3, 0.4) is 0 Å². The molecule has 5 heteroatoms. The predicted molar refractivity (Wildman–Crippen MR) is 54.4 cm³/mol. The summed E-state index contributed by atoms with van der Waals surface area (Å²) < 4.78 is 24.4. The first kappa shape index (κ1) is 11.2. The summed E-state index contributed by atoms with van der Waals surface area (Å²) in [4.78, 5) is 2.58. The average Bonchev–Trinajstić information content (AvgIpc) is 2.25. The first-order valence-corrected chi connectivity index (χ1v) is 4.29. The Labute approximate surface area is 85.7 Å². The maximum atomic E-state index is 12.2. The van der Waals surface area contributed by atoms with E-state index in [4.69, 9.17) is 5.53 Å². The molecule has 0 aliphatic carbocycles. The van der Waals surface area contributed by atoms with Crippen molar-refractivity contribution in [3.63, 3.8) is 0 Å². The van der Waals surface area contributed by atoms with Crippen LogP contribution in [0, 0.1) is 0 Å². The first-order valence-electron chi connectivity index (χ1n) is 4.29. The van der Waals surface area contributed by atoms with E-state index in [-0.39, 0.29) is 12.1 Å². The fraction of sp³-hybridized carbons (Fsp3) is 0.200. The van der Waals surface area contributed by atoms with Crippen molar-refractivity contribution < 1.29 is 8.78 Å². The number of alkyl halides is 2. The number of benzene rings is 1. The lowest BCUT2D eigenvalue weighted by molar-refractivity contribution is 0.151. The fourth-order valence-corrected chi connectivity index (χ4v) is 1.03. The molecule has 0 aliphatic heterocycles. The van der Waals surface area contributed by atoms with Gasteiger partial charge in [-0.2, -0.15) is 0 Å². The van der Waals surface area contributed by atoms with E-state index >= 15 is 0 Å². The lowest BCUT2D eigenvalue weighted by Gasteiger charge is -1.98. The SMILES string of the molecule is [N-]=[N+]=NCC=Cc1ccc(C(F)F)cc1. The van der Waals surface area contributed by atoms with Crippen molar-refractivity contribution in [2.45, 2.75) is 6.43 Å². The van der Waals surface area contributed by atoms with Crippen molar-refractivity contribution in [1.29, 1.82) is 0 Å². The topological polar surface area (TPSA) is 48.8 Å². The van der Waals surface area contributed by atoms with Crippen LogP contribution >= 0.6 is 0 Å². The van der Waals surface area contributed by atoms with Gasteiger partial charge in [0.25, 0.3) is 6.43 Å². The van der Waals surface area contributed by atoms with Gasteiger partial charge in [-0.3, -0.25) is 0 Å². The second-order valence-corrected chi connectivity index (χ2v) is 2.78. The highest BCUT2D eigenvalue weighted by molar-refractivity contribution is 5.49. The molecule has 0 saturated heterocycles. The average molecular weight is 209 g/mol. The minimum absolute atomic E-state index is 0.00203. The lowest BCUT2D eigenvalue weighted by Crippen LogP contribution is -1.83. The summed E-state index contributed by atoms with van der Waals surface area (Å²) in [6.07, 6.45) is 0.937. The Bertz CT molecular complexity index is 378. The van der Waals surface area contributed by atoms with E-state index in [9.17, 15) is 8.78 Å². The molecule has 0 radical (unpaired) electrons. The van der Waals surface area contributed by atoms with Gasteiger partial charge in [-0.15, -0.1) is 0 Å². The van der Waals surface area contributed by atoms with Gasteiger partial charge in [0.15, 0.2) is 0 Å². The molecule has 0 saturated carbocycles. The Balaban J connectivity index is 2.64. The van der Waals surface area contributed by atoms with Gasteiger partial charge in [-0.05, 0) is 11.1 Å². The van der Waals surface area contributed by atoms with Crippen molar-refractivity contribution in [3.8, 4) is 0 Å². The van der Waals surface area contributed by atoms with Crippen LogP contribution in [0.1, 0.15) is 17.6 Å². The molecule has 15 heavy (non-hydrogen) atoms. The van der Waals surface area contributed by atoms with E-state index in [1.54, 1.807) is 24.3 Å². The van der Waals surface area contributed by atoms with Crippen LogP contribution in [0.25, 0.3) is 16.5 Å². The van der Waals surface area contributed by atoms with E-state index in [0.717, 1.165) is 5.56 Å². The summed E-state index contributed by atoms with van der Waals surface area (Å²) in [5.41, 5.74) is 8.80. The quantitative estimate of drug-likeness (QED) is 0.409. The molecule has 0 amide bonds. The van der Waals surface area contributed by atoms with Crippen molar-refractivity contribution in [3.05, 3.63) is 51.9 Å². The number of nitrogens with zero attached hydrogens (tertiary/aromatic N) is 3. The molecule has 1 aromatic rings. The Morgan fingerprint density at radius 3 is 2.53 bits per heavy atom. The van der Waals surface area contributed by atoms with Gasteiger partial charge in [0.05, 0.1) is 0 Å². The summed E-state index contributed by atoms with van der Waals surface area (Å²) in [6.45, 7) is 0.257. The zero-order valence-electron chi connectivity index (χ0n) is 7.85. The molecular weight excluding hydrogens is 200 g/mol. The number of hydrogen-bond acceptors (Lipinski definition) is 1. The van der Waals surface area contributed by atoms with Gasteiger partial charge in [0.2, 0.25) is 0 Å². The predicted octanol–water partition coefficient (Wildman–Crippen LogP) is 3.95. The fourth-order valence-electron chi connectivity index (χ4n) is 1.03. The van der Waals surface area contributed by atoms with E-state index < -0.39 is 6.43 Å². The zero-order chi connectivity index (χ0) is 11.1. The van der Waals surface area contributed by atoms with Crippen LogP contribution in [0.2, 0.25) is 0 Å². The first-order chi connectivity index (χ1) is 7.24. The molecule has 0 heterocycles. The highest BCUT2D eigenvalue weighted by Gasteiger charge is 2.04. The Morgan fingerprint density at radius 1 is 1.33 bits per heavy atom. The molecule has 1 aromatic carbocycles. The second-order valence-electron chi connectivity index (χ2n) is 2.78. The van der Waals surface area contributed by atoms with Crippen LogP contribution < -0.4 is 0 Å². The number of azide groups is 1. The molecule has 0 aromatic heterocycles. The van der Waals surface area contributed by atoms with Crippen molar-refractivity contribution in [1.82, 2.24) is 0 Å². The maximum Gasteiger partial charge on any atom is 0.263 e. The Kier molecular flexibility index (Phi) is 4.31. The third-order valence-electron chi connectivity index (χ3n) is 1.75. The molecule has 78 valence electrons. The van der Waals surface area contributed by atoms with Crippen LogP contribution in [-0.4, -0.2) is 6.54 Å². The molecule has 0 spiro atoms. The van der Waals surface area contributed by atoms with E-state index in [2.05, 4.69) is 10.0 Å². The van der Waals surface area contributed by atoms with Crippen molar-refractivity contribution in [2.75, 3.05) is 6.54 Å². The Hall–Kier alpha value is -1.87. The van der Waals surface area contributed by atoms with Gasteiger partial charge in [-0.1, -0.05) is 41.5 Å². The summed E-state index contributed by atoms with van der Waals surface area (Å²) in [5.74, 6) is 0. The van der Waals surface area contributed by atoms with Crippen LogP contribution in [-0.2, 0) is 0 Å². The van der Waals surface area contributed by atoms with Gasteiger partial charge < -0.3 is 0 Å². The highest BCUT2D eigenvalue weighted by Crippen LogP contribution is 2.18. The summed E-state index contributed by atoms with van der Waals surface area (Å²) in [7, 11) is 0. The molecule has 0 atom stereocenters. The van der Waals surface area contributed by atoms with Crippen molar-refractivity contribution >= 4 is 6.08 Å². The van der Waals surface area contributed by atoms with Gasteiger partial charge in [-0.25, -0.2) is 8.78 Å². The van der Waals surface area contributed by atoms with Crippen molar-refractivity contribution in [2.24, 2.45) is 5.11 Å². The van der Waals surface area contributed by atoms with Crippen LogP contribution in [0.4, 0.5) is 8.78 Å². The third-order valence-corrected chi connectivity index (χ3v) is 1.75. The second kappa shape index (κ2) is 5.78. The molecule has 0 N–H and O–H groups in total. The lowest BCUT2D eigenvalue weighted by atomic mass is 10.1. The summed E-state index contributed by atoms with van der Waals surface area (Å²) in [6, 6.07) is 5.93. The zero-order valence-corrected chi connectivity index (χ0v) is 7.85. The molecule has 0 bridgehead atoms. The molecule has 1 rings (SSSR count). The number of rotatable bonds is 4. The van der Waals surface area contributed by atoms with Gasteiger partial charge in [0, 0.05) is 17.0 Å². The maximum absolute atomic E-state index is 12.2. The monoisotopic (exact) mass is 209 g/mol. The molecule has 3 nitrogen and oxygen atoms in total. The molecular formula is C10H9F2N3. The minimum atomic E-state index is -2.44. The largest absolute Gasteiger partial charge is 0.263 e. The molecule has 0 fully saturated rings. The van der Waals surface area contributed by atoms with Gasteiger partial charge >= 0.3 is 0 Å². The van der Waals surface area contributed by atoms with E-state index in [1.165, 1.54) is 12.1 Å². The number of hydrogen-bond donors (Lipinski definition) is 0. The standard InChI is InChI=1S/C10H9F2N3/c11-10(12)9-5-3-8(4-6-9)2-1-7-14-15-13/h1-6,10H,7H2. The van der Waals surface area contributed by atoms with E-state index in [1.807, 2.05) is 0 Å². The van der Waals surface area contributed by atoms with Gasteiger partial charge in [0.1, 0.15) is 0 Å². The van der Waals surface area contributed by atoms with Crippen LogP contribution in [0.15, 0.2) is 35.5 Å². The molecule has 0 aliphatic rings. The molecule has 0 unspecified atom stereocenters.